The van der Waals surface area contributed by atoms with Crippen molar-refractivity contribution in [2.45, 2.75) is 0 Å². The van der Waals surface area contributed by atoms with E-state index < -0.39 is 5.63 Å². The maximum atomic E-state index is 11.2. The molecule has 0 saturated carbocycles. The maximum absolute atomic E-state index is 11.2. The summed E-state index contributed by atoms with van der Waals surface area (Å²) in [6.07, 6.45) is 1.68. The zero-order valence-corrected chi connectivity index (χ0v) is 8.61. The second-order valence-electron chi connectivity index (χ2n) is 2.64. The Morgan fingerprint density at radius 3 is 2.86 bits per heavy atom. The van der Waals surface area contributed by atoms with E-state index in [9.17, 15) is 4.79 Å². The molecular formula is C9H6ClNO2S. The molecule has 0 radical (unpaired) electrons. The molecule has 5 heteroatoms. The molecule has 0 atom stereocenters. The van der Waals surface area contributed by atoms with Crippen molar-refractivity contribution >= 4 is 35.6 Å². The van der Waals surface area contributed by atoms with Crippen molar-refractivity contribution in [1.29, 1.82) is 0 Å². The van der Waals surface area contributed by atoms with Gasteiger partial charge in [0.15, 0.2) is 5.55 Å². The van der Waals surface area contributed by atoms with Gasteiger partial charge in [0.25, 0.3) is 0 Å². The molecule has 0 saturated heterocycles. The van der Waals surface area contributed by atoms with E-state index >= 15 is 0 Å². The SMILES string of the molecule is C=c1[nH]c(=Cc2ccc(Cl)s2)c(=O)o1. The van der Waals surface area contributed by atoms with Crippen LogP contribution in [-0.2, 0) is 0 Å². The van der Waals surface area contributed by atoms with Crippen molar-refractivity contribution < 1.29 is 4.42 Å². The molecular weight excluding hydrogens is 222 g/mol. The summed E-state index contributed by atoms with van der Waals surface area (Å²) in [6, 6.07) is 3.60. The van der Waals surface area contributed by atoms with E-state index in [0.29, 0.717) is 9.69 Å². The first-order valence-electron chi connectivity index (χ1n) is 3.80. The van der Waals surface area contributed by atoms with Crippen molar-refractivity contribution in [3.8, 4) is 0 Å². The van der Waals surface area contributed by atoms with Gasteiger partial charge in [-0.1, -0.05) is 11.6 Å². The molecule has 0 aliphatic rings. The summed E-state index contributed by atoms with van der Waals surface area (Å²) < 4.78 is 5.39. The number of aromatic nitrogens is 1. The number of oxazole rings is 1. The fourth-order valence-electron chi connectivity index (χ4n) is 1.04. The highest BCUT2D eigenvalue weighted by Crippen LogP contribution is 2.21. The largest absolute Gasteiger partial charge is 0.405 e. The first-order valence-corrected chi connectivity index (χ1v) is 5.00. The van der Waals surface area contributed by atoms with E-state index in [-0.39, 0.29) is 5.55 Å². The second-order valence-corrected chi connectivity index (χ2v) is 4.38. The molecule has 0 bridgehead atoms. The predicted molar refractivity (Wildman–Crippen MR) is 57.0 cm³/mol. The van der Waals surface area contributed by atoms with Crippen LogP contribution in [0.5, 0.6) is 0 Å². The third-order valence-corrected chi connectivity index (χ3v) is 2.77. The van der Waals surface area contributed by atoms with Crippen LogP contribution >= 0.6 is 22.9 Å². The molecule has 2 aromatic heterocycles. The van der Waals surface area contributed by atoms with Crippen molar-refractivity contribution in [3.05, 3.63) is 42.7 Å². The Kier molecular flexibility index (Phi) is 2.31. The van der Waals surface area contributed by atoms with Crippen LogP contribution in [-0.4, -0.2) is 4.98 Å². The molecule has 72 valence electrons. The quantitative estimate of drug-likeness (QED) is 0.788. The Morgan fingerprint density at radius 2 is 2.36 bits per heavy atom. The third kappa shape index (κ3) is 1.81. The fraction of sp³-hybridized carbons (Fsp3) is 0. The van der Waals surface area contributed by atoms with E-state index in [1.54, 1.807) is 12.1 Å². The standard InChI is InChI=1S/C9H6ClNO2S/c1-5-11-7(9(12)13-5)4-6-2-3-8(10)14-6/h2-4,11H,1H2. The van der Waals surface area contributed by atoms with E-state index in [4.69, 9.17) is 16.0 Å². The van der Waals surface area contributed by atoms with Gasteiger partial charge in [0, 0.05) is 4.88 Å². The van der Waals surface area contributed by atoms with Crippen molar-refractivity contribution in [3.63, 3.8) is 0 Å². The summed E-state index contributed by atoms with van der Waals surface area (Å²) in [5.41, 5.74) is -0.163. The summed E-state index contributed by atoms with van der Waals surface area (Å²) in [7, 11) is 0. The van der Waals surface area contributed by atoms with Gasteiger partial charge in [-0.3, -0.25) is 0 Å². The monoisotopic (exact) mass is 227 g/mol. The second kappa shape index (κ2) is 3.48. The van der Waals surface area contributed by atoms with Gasteiger partial charge in [0.2, 0.25) is 0 Å². The average molecular weight is 228 g/mol. The molecule has 0 amide bonds. The highest BCUT2D eigenvalue weighted by atomic mass is 35.5. The Bertz CT molecular complexity index is 607. The number of nitrogens with one attached hydrogen (secondary N) is 1. The molecule has 0 spiro atoms. The van der Waals surface area contributed by atoms with Crippen LogP contribution < -0.4 is 16.5 Å². The van der Waals surface area contributed by atoms with Crippen molar-refractivity contribution in [1.82, 2.24) is 4.98 Å². The van der Waals surface area contributed by atoms with Crippen LogP contribution in [0.15, 0.2) is 21.3 Å². The molecule has 1 N–H and O–H groups in total. The molecule has 2 rings (SSSR count). The number of halogens is 1. The third-order valence-electron chi connectivity index (χ3n) is 1.59. The minimum atomic E-state index is -0.417. The van der Waals surface area contributed by atoms with Gasteiger partial charge in [-0.2, -0.15) is 0 Å². The number of H-pyrrole nitrogens is 1. The van der Waals surface area contributed by atoms with Gasteiger partial charge >= 0.3 is 5.63 Å². The zero-order chi connectivity index (χ0) is 10.1. The fourth-order valence-corrected chi connectivity index (χ4v) is 2.04. The maximum Gasteiger partial charge on any atom is 0.361 e. The highest BCUT2D eigenvalue weighted by Gasteiger charge is 1.97. The summed E-state index contributed by atoms with van der Waals surface area (Å²) in [4.78, 5) is 14.8. The van der Waals surface area contributed by atoms with E-state index in [0.717, 1.165) is 4.88 Å². The van der Waals surface area contributed by atoms with Gasteiger partial charge in [-0.05, 0) is 24.8 Å². The smallest absolute Gasteiger partial charge is 0.361 e. The number of aromatic amines is 1. The average Bonchev–Trinajstić information content (AvgIpc) is 2.61. The molecule has 0 aliphatic carbocycles. The first kappa shape index (κ1) is 9.30. The molecule has 0 fully saturated rings. The van der Waals surface area contributed by atoms with Crippen LogP contribution in [0, 0.1) is 0 Å². The van der Waals surface area contributed by atoms with Gasteiger partial charge in [0.05, 0.1) is 4.34 Å². The Morgan fingerprint density at radius 1 is 1.57 bits per heavy atom. The van der Waals surface area contributed by atoms with Gasteiger partial charge in [-0.15, -0.1) is 11.3 Å². The van der Waals surface area contributed by atoms with E-state index in [1.807, 2.05) is 6.07 Å². The van der Waals surface area contributed by atoms with E-state index in [1.165, 1.54) is 11.3 Å². The predicted octanol–water partition coefficient (Wildman–Crippen LogP) is 0.922. The molecule has 0 unspecified atom stereocenters. The van der Waals surface area contributed by atoms with Gasteiger partial charge in [-0.25, -0.2) is 4.79 Å². The Hall–Kier alpha value is -1.26. The van der Waals surface area contributed by atoms with Gasteiger partial charge < -0.3 is 9.40 Å². The zero-order valence-electron chi connectivity index (χ0n) is 7.04. The molecule has 14 heavy (non-hydrogen) atoms. The number of thiophene rings is 1. The van der Waals surface area contributed by atoms with Crippen LogP contribution in [0.4, 0.5) is 0 Å². The summed E-state index contributed by atoms with van der Waals surface area (Å²) in [6.45, 7) is 3.48. The topological polar surface area (TPSA) is 46.0 Å². The summed E-state index contributed by atoms with van der Waals surface area (Å²) in [5.74, 6) is 0. The highest BCUT2D eigenvalue weighted by molar-refractivity contribution is 7.16. The first-order chi connectivity index (χ1) is 6.65. The number of hydrogen-bond acceptors (Lipinski definition) is 3. The normalized spacial score (nSPS) is 12.2. The number of hydrogen-bond donors (Lipinski definition) is 1. The molecule has 0 aliphatic heterocycles. The van der Waals surface area contributed by atoms with Crippen molar-refractivity contribution in [2.24, 2.45) is 0 Å². The lowest BCUT2D eigenvalue weighted by Crippen LogP contribution is -2.20. The summed E-state index contributed by atoms with van der Waals surface area (Å²) in [5, 5.41) is 0.383. The minimum Gasteiger partial charge on any atom is -0.405 e. The molecule has 0 aromatic carbocycles. The Labute approximate surface area is 88.0 Å². The molecule has 2 aromatic rings. The van der Waals surface area contributed by atoms with Crippen LogP contribution in [0.3, 0.4) is 0 Å². The van der Waals surface area contributed by atoms with Crippen LogP contribution in [0.1, 0.15) is 4.88 Å². The Balaban J connectivity index is 2.59. The van der Waals surface area contributed by atoms with E-state index in [2.05, 4.69) is 11.6 Å². The summed E-state index contributed by atoms with van der Waals surface area (Å²) >= 11 is 7.14. The lowest BCUT2D eigenvalue weighted by atomic mass is 10.4. The van der Waals surface area contributed by atoms with Crippen molar-refractivity contribution in [2.75, 3.05) is 0 Å². The van der Waals surface area contributed by atoms with Crippen LogP contribution in [0.25, 0.3) is 12.7 Å². The lowest BCUT2D eigenvalue weighted by Gasteiger charge is -1.77. The molecule has 3 nitrogen and oxygen atoms in total. The van der Waals surface area contributed by atoms with Crippen LogP contribution in [0.2, 0.25) is 4.34 Å². The minimum absolute atomic E-state index is 0.254. The number of rotatable bonds is 1. The van der Waals surface area contributed by atoms with Gasteiger partial charge in [0.1, 0.15) is 5.35 Å². The molecule has 2 heterocycles. The lowest BCUT2D eigenvalue weighted by molar-refractivity contribution is 0.488.